The molecule has 2 rings (SSSR count). The largest absolute Gasteiger partial charge is 0.207 e. The predicted molar refractivity (Wildman–Crippen MR) is 74.5 cm³/mol. The lowest BCUT2D eigenvalue weighted by Crippen LogP contribution is -1.96. The number of hydrogen-bond donors (Lipinski definition) is 0. The molecule has 2 heteroatoms. The third kappa shape index (κ3) is 3.33. The summed E-state index contributed by atoms with van der Waals surface area (Å²) in [6.07, 6.45) is 1.61. The maximum atomic E-state index is 13.2. The molecule has 18 heavy (non-hydrogen) atoms. The Labute approximate surface area is 112 Å². The highest BCUT2D eigenvalue weighted by atomic mass is 35.5. The van der Waals surface area contributed by atoms with Gasteiger partial charge >= 0.3 is 0 Å². The minimum atomic E-state index is -0.179. The van der Waals surface area contributed by atoms with E-state index in [0.29, 0.717) is 0 Å². The van der Waals surface area contributed by atoms with Gasteiger partial charge in [0.25, 0.3) is 0 Å². The van der Waals surface area contributed by atoms with E-state index in [2.05, 4.69) is 0 Å². The minimum Gasteiger partial charge on any atom is -0.207 e. The van der Waals surface area contributed by atoms with Crippen molar-refractivity contribution in [3.05, 3.63) is 71.0 Å². The maximum absolute atomic E-state index is 13.2. The quantitative estimate of drug-likeness (QED) is 0.677. The molecule has 0 radical (unpaired) electrons. The van der Waals surface area contributed by atoms with Crippen molar-refractivity contribution in [1.82, 2.24) is 0 Å². The fraction of sp³-hybridized carbons (Fsp3) is 0.250. The van der Waals surface area contributed by atoms with Gasteiger partial charge in [0.1, 0.15) is 5.82 Å². The number of hydrogen-bond acceptors (Lipinski definition) is 0. The molecule has 2 aromatic carbocycles. The third-order valence-corrected chi connectivity index (χ3v) is 3.61. The van der Waals surface area contributed by atoms with E-state index in [9.17, 15) is 4.39 Å². The van der Waals surface area contributed by atoms with Crippen molar-refractivity contribution in [3.63, 3.8) is 0 Å². The van der Waals surface area contributed by atoms with Crippen molar-refractivity contribution >= 4 is 11.6 Å². The summed E-state index contributed by atoms with van der Waals surface area (Å²) in [4.78, 5) is 0. The standard InChI is InChI=1S/C16H16ClF/c1-12-7-9-15(18)11-14(12)8-10-16(17)13-5-3-2-4-6-13/h2-7,9,11,16H,8,10H2,1H3. The van der Waals surface area contributed by atoms with Crippen molar-refractivity contribution in [2.45, 2.75) is 25.1 Å². The topological polar surface area (TPSA) is 0 Å². The van der Waals surface area contributed by atoms with Gasteiger partial charge in [-0.2, -0.15) is 0 Å². The Balaban J connectivity index is 2.01. The van der Waals surface area contributed by atoms with Crippen molar-refractivity contribution in [3.8, 4) is 0 Å². The summed E-state index contributed by atoms with van der Waals surface area (Å²) >= 11 is 6.35. The van der Waals surface area contributed by atoms with Crippen LogP contribution in [0.3, 0.4) is 0 Å². The minimum absolute atomic E-state index is 0.0196. The first kappa shape index (κ1) is 13.1. The number of benzene rings is 2. The van der Waals surface area contributed by atoms with Crippen molar-refractivity contribution in [2.75, 3.05) is 0 Å². The Morgan fingerprint density at radius 2 is 1.83 bits per heavy atom. The SMILES string of the molecule is Cc1ccc(F)cc1CCC(Cl)c1ccccc1. The highest BCUT2D eigenvalue weighted by Gasteiger charge is 2.09. The van der Waals surface area contributed by atoms with Crippen LogP contribution in [-0.4, -0.2) is 0 Å². The summed E-state index contributed by atoms with van der Waals surface area (Å²) in [6.45, 7) is 2.00. The van der Waals surface area contributed by atoms with Crippen LogP contribution in [0.15, 0.2) is 48.5 Å². The predicted octanol–water partition coefficient (Wildman–Crippen LogP) is 5.05. The zero-order chi connectivity index (χ0) is 13.0. The lowest BCUT2D eigenvalue weighted by atomic mass is 10.0. The van der Waals surface area contributed by atoms with Gasteiger partial charge in [0, 0.05) is 0 Å². The van der Waals surface area contributed by atoms with E-state index < -0.39 is 0 Å². The first-order chi connectivity index (χ1) is 8.66. The molecule has 0 saturated carbocycles. The Hall–Kier alpha value is -1.34. The molecule has 0 spiro atoms. The Bertz CT molecular complexity index is 508. The van der Waals surface area contributed by atoms with Gasteiger partial charge < -0.3 is 0 Å². The van der Waals surface area contributed by atoms with Crippen LogP contribution in [0.1, 0.15) is 28.5 Å². The zero-order valence-electron chi connectivity index (χ0n) is 10.4. The molecule has 0 amide bonds. The molecule has 94 valence electrons. The highest BCUT2D eigenvalue weighted by Crippen LogP contribution is 2.26. The summed E-state index contributed by atoms with van der Waals surface area (Å²) in [6, 6.07) is 14.9. The van der Waals surface area contributed by atoms with E-state index in [1.54, 1.807) is 6.07 Å². The van der Waals surface area contributed by atoms with E-state index in [4.69, 9.17) is 11.6 Å². The van der Waals surface area contributed by atoms with E-state index in [1.807, 2.05) is 43.3 Å². The molecule has 0 aliphatic rings. The molecule has 0 nitrogen and oxygen atoms in total. The Morgan fingerprint density at radius 3 is 2.56 bits per heavy atom. The lowest BCUT2D eigenvalue weighted by molar-refractivity contribution is 0.623. The van der Waals surface area contributed by atoms with E-state index in [-0.39, 0.29) is 11.2 Å². The molecule has 0 aliphatic heterocycles. The van der Waals surface area contributed by atoms with Gasteiger partial charge in [-0.05, 0) is 48.6 Å². The molecule has 0 saturated heterocycles. The van der Waals surface area contributed by atoms with Crippen molar-refractivity contribution in [1.29, 1.82) is 0 Å². The average Bonchev–Trinajstić information content (AvgIpc) is 2.40. The second kappa shape index (κ2) is 6.01. The first-order valence-electron chi connectivity index (χ1n) is 6.11. The number of rotatable bonds is 4. The fourth-order valence-electron chi connectivity index (χ4n) is 2.02. The molecule has 0 N–H and O–H groups in total. The molecule has 0 fully saturated rings. The molecular formula is C16H16ClF. The second-order valence-corrected chi connectivity index (χ2v) is 5.01. The van der Waals surface area contributed by atoms with Gasteiger partial charge in [0.2, 0.25) is 0 Å². The molecule has 0 aliphatic carbocycles. The van der Waals surface area contributed by atoms with Crippen LogP contribution in [0.5, 0.6) is 0 Å². The van der Waals surface area contributed by atoms with Crippen LogP contribution < -0.4 is 0 Å². The van der Waals surface area contributed by atoms with Crippen molar-refractivity contribution in [2.24, 2.45) is 0 Å². The van der Waals surface area contributed by atoms with Crippen LogP contribution in [0.2, 0.25) is 0 Å². The summed E-state index contributed by atoms with van der Waals surface area (Å²) in [5.41, 5.74) is 3.28. The summed E-state index contributed by atoms with van der Waals surface area (Å²) in [5.74, 6) is -0.179. The Morgan fingerprint density at radius 1 is 1.11 bits per heavy atom. The van der Waals surface area contributed by atoms with Crippen molar-refractivity contribution < 1.29 is 4.39 Å². The van der Waals surface area contributed by atoms with E-state index in [0.717, 1.165) is 29.5 Å². The third-order valence-electron chi connectivity index (χ3n) is 3.14. The molecule has 0 bridgehead atoms. The molecule has 2 aromatic rings. The molecule has 1 unspecified atom stereocenters. The summed E-state index contributed by atoms with van der Waals surface area (Å²) < 4.78 is 13.2. The smallest absolute Gasteiger partial charge is 0.123 e. The second-order valence-electron chi connectivity index (χ2n) is 4.49. The van der Waals surface area contributed by atoms with Crippen LogP contribution in [-0.2, 0) is 6.42 Å². The lowest BCUT2D eigenvalue weighted by Gasteiger charge is -2.11. The Kier molecular flexibility index (Phi) is 4.38. The summed E-state index contributed by atoms with van der Waals surface area (Å²) in [5, 5.41) is -0.0196. The molecular weight excluding hydrogens is 247 g/mol. The zero-order valence-corrected chi connectivity index (χ0v) is 11.1. The van der Waals surface area contributed by atoms with E-state index in [1.165, 1.54) is 6.07 Å². The van der Waals surface area contributed by atoms with E-state index >= 15 is 0 Å². The summed E-state index contributed by atoms with van der Waals surface area (Å²) in [7, 11) is 0. The van der Waals surface area contributed by atoms with Crippen LogP contribution in [0.4, 0.5) is 4.39 Å². The van der Waals surface area contributed by atoms with Crippen LogP contribution in [0.25, 0.3) is 0 Å². The number of aryl methyl sites for hydroxylation is 2. The van der Waals surface area contributed by atoms with Gasteiger partial charge in [-0.3, -0.25) is 0 Å². The van der Waals surface area contributed by atoms with Gasteiger partial charge in [-0.15, -0.1) is 11.6 Å². The maximum Gasteiger partial charge on any atom is 0.123 e. The van der Waals surface area contributed by atoms with Gasteiger partial charge in [-0.1, -0.05) is 36.4 Å². The highest BCUT2D eigenvalue weighted by molar-refractivity contribution is 6.20. The molecule has 0 heterocycles. The normalized spacial score (nSPS) is 12.4. The van der Waals surface area contributed by atoms with Gasteiger partial charge in [0.05, 0.1) is 5.38 Å². The van der Waals surface area contributed by atoms with Gasteiger partial charge in [0.15, 0.2) is 0 Å². The monoisotopic (exact) mass is 262 g/mol. The number of alkyl halides is 1. The average molecular weight is 263 g/mol. The molecule has 0 aromatic heterocycles. The number of halogens is 2. The van der Waals surface area contributed by atoms with Gasteiger partial charge in [-0.25, -0.2) is 4.39 Å². The molecule has 1 atom stereocenters. The van der Waals surface area contributed by atoms with Crippen LogP contribution >= 0.6 is 11.6 Å². The first-order valence-corrected chi connectivity index (χ1v) is 6.54. The fourth-order valence-corrected chi connectivity index (χ4v) is 2.27. The van der Waals surface area contributed by atoms with Crippen LogP contribution in [0, 0.1) is 12.7 Å².